The Labute approximate surface area is 54.3 Å². The van der Waals surface area contributed by atoms with Gasteiger partial charge in [0.1, 0.15) is 0 Å². The third-order valence-corrected chi connectivity index (χ3v) is 0.680. The molecule has 0 spiro atoms. The van der Waals surface area contributed by atoms with Crippen LogP contribution >= 0.6 is 11.6 Å². The summed E-state index contributed by atoms with van der Waals surface area (Å²) < 4.78 is 0. The van der Waals surface area contributed by atoms with Crippen molar-refractivity contribution in [1.82, 2.24) is 0 Å². The quantitative estimate of drug-likeness (QED) is 0.430. The van der Waals surface area contributed by atoms with Crippen LogP contribution in [0.5, 0.6) is 0 Å². The molecule has 0 unspecified atom stereocenters. The van der Waals surface area contributed by atoms with Crippen LogP contribution in [-0.2, 0) is 0 Å². The molecule has 1 N–H and O–H groups in total. The first-order chi connectivity index (χ1) is 3.63. The normalized spacial score (nSPS) is 14.4. The number of hydrogen-bond donors (Lipinski definition) is 1. The molecule has 0 radical (unpaired) electrons. The van der Waals surface area contributed by atoms with E-state index in [0.717, 1.165) is 0 Å². The van der Waals surface area contributed by atoms with Gasteiger partial charge in [0.2, 0.25) is 0 Å². The molecule has 0 aromatic carbocycles. The molecule has 0 atom stereocenters. The largest absolute Gasteiger partial charge is 0.513 e. The fourth-order valence-corrected chi connectivity index (χ4v) is 0.298. The first kappa shape index (κ1) is 7.57. The smallest absolute Gasteiger partial charge is 0.0892 e. The molecule has 0 aromatic heterocycles. The van der Waals surface area contributed by atoms with Gasteiger partial charge in [-0.2, -0.15) is 0 Å². The topological polar surface area (TPSA) is 20.2 Å². The number of rotatable bonds is 1. The van der Waals surface area contributed by atoms with Crippen LogP contribution in [0.2, 0.25) is 0 Å². The Morgan fingerprint density at radius 3 is 2.00 bits per heavy atom. The minimum absolute atomic E-state index is 0.269. The fraction of sp³-hybridized carbons (Fsp3) is 0.333. The predicted molar refractivity (Wildman–Crippen MR) is 36.0 cm³/mol. The van der Waals surface area contributed by atoms with Gasteiger partial charge in [-0.3, -0.25) is 0 Å². The Balaban J connectivity index is 3.76. The van der Waals surface area contributed by atoms with Gasteiger partial charge < -0.3 is 5.11 Å². The van der Waals surface area contributed by atoms with E-state index in [1.165, 1.54) is 0 Å². The van der Waals surface area contributed by atoms with Crippen molar-refractivity contribution in [3.63, 3.8) is 0 Å². The molecule has 8 heavy (non-hydrogen) atoms. The fourth-order valence-electron chi connectivity index (χ4n) is 0.235. The molecule has 0 rings (SSSR count). The minimum atomic E-state index is 0.269. The second-order valence-corrected chi connectivity index (χ2v) is 2.16. The monoisotopic (exact) mass is 132 g/mol. The first-order valence-corrected chi connectivity index (χ1v) is 2.70. The Kier molecular flexibility index (Phi) is 3.37. The lowest BCUT2D eigenvalue weighted by atomic mass is 10.4. The lowest BCUT2D eigenvalue weighted by Gasteiger charge is -1.82. The number of allylic oxidation sites excluding steroid dienone is 4. The summed E-state index contributed by atoms with van der Waals surface area (Å²) >= 11 is 5.43. The van der Waals surface area contributed by atoms with Gasteiger partial charge in [0.05, 0.1) is 5.76 Å². The van der Waals surface area contributed by atoms with Crippen LogP contribution in [0.3, 0.4) is 0 Å². The summed E-state index contributed by atoms with van der Waals surface area (Å²) in [6.45, 7) is 3.34. The predicted octanol–water partition coefficient (Wildman–Crippen LogP) is 2.59. The zero-order valence-corrected chi connectivity index (χ0v) is 5.74. The molecular weight excluding hydrogens is 124 g/mol. The van der Waals surface area contributed by atoms with Crippen molar-refractivity contribution in [3.8, 4) is 0 Å². The van der Waals surface area contributed by atoms with Gasteiger partial charge in [-0.25, -0.2) is 0 Å². The van der Waals surface area contributed by atoms with Crippen molar-refractivity contribution in [2.24, 2.45) is 0 Å². The highest BCUT2D eigenvalue weighted by molar-refractivity contribution is 6.29. The maximum atomic E-state index is 8.56. The molecule has 1 nitrogen and oxygen atoms in total. The summed E-state index contributed by atoms with van der Waals surface area (Å²) in [6.07, 6.45) is 3.18. The molecule has 0 saturated heterocycles. The Morgan fingerprint density at radius 1 is 1.38 bits per heavy atom. The van der Waals surface area contributed by atoms with Crippen molar-refractivity contribution in [3.05, 3.63) is 22.9 Å². The van der Waals surface area contributed by atoms with Crippen LogP contribution in [0.4, 0.5) is 0 Å². The molecule has 2 heteroatoms. The van der Waals surface area contributed by atoms with Crippen molar-refractivity contribution in [2.75, 3.05) is 0 Å². The average molecular weight is 133 g/mol. The van der Waals surface area contributed by atoms with Gasteiger partial charge in [-0.05, 0) is 26.0 Å². The van der Waals surface area contributed by atoms with Crippen LogP contribution in [0.15, 0.2) is 22.9 Å². The molecule has 0 aliphatic rings. The van der Waals surface area contributed by atoms with E-state index >= 15 is 0 Å². The zero-order chi connectivity index (χ0) is 6.57. The van der Waals surface area contributed by atoms with Crippen LogP contribution in [-0.4, -0.2) is 5.11 Å². The molecule has 0 saturated carbocycles. The standard InChI is InChI=1S/C6H9ClO/c1-5(7)3-4-6(2)8/h3-4,8H,1-2H3/b5-3+,6-4+. The molecule has 0 aromatic rings. The van der Waals surface area contributed by atoms with E-state index < -0.39 is 0 Å². The SMILES string of the molecule is C/C(O)=C\C=C(/C)Cl. The summed E-state index contributed by atoms with van der Waals surface area (Å²) in [7, 11) is 0. The molecule has 0 aliphatic heterocycles. The molecule has 46 valence electrons. The number of hydrogen-bond acceptors (Lipinski definition) is 1. The highest BCUT2D eigenvalue weighted by Gasteiger charge is 1.75. The van der Waals surface area contributed by atoms with Crippen molar-refractivity contribution < 1.29 is 5.11 Å². The van der Waals surface area contributed by atoms with Crippen LogP contribution < -0.4 is 0 Å². The second kappa shape index (κ2) is 3.56. The first-order valence-electron chi connectivity index (χ1n) is 2.32. The average Bonchev–Trinajstić information content (AvgIpc) is 1.61. The molecular formula is C6H9ClO. The molecule has 0 bridgehead atoms. The summed E-state index contributed by atoms with van der Waals surface area (Å²) in [5.41, 5.74) is 0. The van der Waals surface area contributed by atoms with Gasteiger partial charge in [-0.15, -0.1) is 0 Å². The van der Waals surface area contributed by atoms with E-state index in [-0.39, 0.29) is 5.76 Å². The van der Waals surface area contributed by atoms with E-state index in [1.807, 2.05) is 0 Å². The Bertz CT molecular complexity index is 100. The van der Waals surface area contributed by atoms with Gasteiger partial charge in [0.15, 0.2) is 0 Å². The van der Waals surface area contributed by atoms with Gasteiger partial charge in [-0.1, -0.05) is 11.6 Å². The van der Waals surface area contributed by atoms with E-state index in [4.69, 9.17) is 16.7 Å². The molecule has 0 fully saturated rings. The minimum Gasteiger partial charge on any atom is -0.513 e. The zero-order valence-electron chi connectivity index (χ0n) is 4.98. The molecule has 0 amide bonds. The highest BCUT2D eigenvalue weighted by atomic mass is 35.5. The van der Waals surface area contributed by atoms with E-state index in [1.54, 1.807) is 26.0 Å². The van der Waals surface area contributed by atoms with E-state index in [2.05, 4.69) is 0 Å². The molecule has 0 aliphatic carbocycles. The third kappa shape index (κ3) is 5.57. The number of aliphatic hydroxyl groups is 1. The summed E-state index contributed by atoms with van der Waals surface area (Å²) in [6, 6.07) is 0. The number of aliphatic hydroxyl groups excluding tert-OH is 1. The van der Waals surface area contributed by atoms with Crippen molar-refractivity contribution in [1.29, 1.82) is 0 Å². The second-order valence-electron chi connectivity index (χ2n) is 1.56. The van der Waals surface area contributed by atoms with Crippen LogP contribution in [0, 0.1) is 0 Å². The summed E-state index contributed by atoms with van der Waals surface area (Å²) in [4.78, 5) is 0. The maximum Gasteiger partial charge on any atom is 0.0892 e. The van der Waals surface area contributed by atoms with Crippen molar-refractivity contribution >= 4 is 11.6 Å². The molecule has 0 heterocycles. The lowest BCUT2D eigenvalue weighted by Crippen LogP contribution is -1.65. The summed E-state index contributed by atoms with van der Waals surface area (Å²) in [5, 5.41) is 9.22. The Morgan fingerprint density at radius 2 is 1.88 bits per heavy atom. The van der Waals surface area contributed by atoms with Crippen LogP contribution in [0.1, 0.15) is 13.8 Å². The van der Waals surface area contributed by atoms with E-state index in [9.17, 15) is 0 Å². The lowest BCUT2D eigenvalue weighted by molar-refractivity contribution is 0.414. The highest BCUT2D eigenvalue weighted by Crippen LogP contribution is 1.98. The van der Waals surface area contributed by atoms with E-state index in [0.29, 0.717) is 5.03 Å². The van der Waals surface area contributed by atoms with Gasteiger partial charge in [0, 0.05) is 5.03 Å². The maximum absolute atomic E-state index is 8.56. The number of halogens is 1. The Hall–Kier alpha value is -0.430. The van der Waals surface area contributed by atoms with Gasteiger partial charge in [0.25, 0.3) is 0 Å². The summed E-state index contributed by atoms with van der Waals surface area (Å²) in [5.74, 6) is 0.269. The van der Waals surface area contributed by atoms with Crippen LogP contribution in [0.25, 0.3) is 0 Å². The van der Waals surface area contributed by atoms with Gasteiger partial charge >= 0.3 is 0 Å². The van der Waals surface area contributed by atoms with Crippen molar-refractivity contribution in [2.45, 2.75) is 13.8 Å². The third-order valence-electron chi connectivity index (χ3n) is 0.554.